The Kier molecular flexibility index (Phi) is 5.16. The molecule has 0 spiro atoms. The van der Waals surface area contributed by atoms with Crippen molar-refractivity contribution < 1.29 is 22.3 Å². The number of aryl methyl sites for hydroxylation is 1. The lowest BCUT2D eigenvalue weighted by Gasteiger charge is -2.06. The lowest BCUT2D eigenvalue weighted by Crippen LogP contribution is -2.09. The number of hydrogen-bond donors (Lipinski definition) is 0. The van der Waals surface area contributed by atoms with E-state index in [-0.39, 0.29) is 23.7 Å². The van der Waals surface area contributed by atoms with Gasteiger partial charge in [0.1, 0.15) is 15.1 Å². The average molecular weight is 531 g/mol. The van der Waals surface area contributed by atoms with Gasteiger partial charge in [0, 0.05) is 6.20 Å². The van der Waals surface area contributed by atoms with Crippen molar-refractivity contribution in [3.63, 3.8) is 0 Å². The molecule has 0 amide bonds. The molecule has 0 aliphatic heterocycles. The van der Waals surface area contributed by atoms with E-state index in [1.54, 1.807) is 43.5 Å². The quantitative estimate of drug-likeness (QED) is 0.283. The number of ether oxygens (including phenoxy) is 1. The second kappa shape index (κ2) is 7.52. The van der Waals surface area contributed by atoms with Crippen LogP contribution < -0.4 is 4.74 Å². The molecule has 1 aromatic carbocycles. The third-order valence-corrected chi connectivity index (χ3v) is 5.53. The van der Waals surface area contributed by atoms with Crippen molar-refractivity contribution in [3.05, 3.63) is 63.0 Å². The lowest BCUT2D eigenvalue weighted by molar-refractivity contribution is -0.144. The molecule has 0 atom stereocenters. The summed E-state index contributed by atoms with van der Waals surface area (Å²) in [4.78, 5) is 7.93. The van der Waals surface area contributed by atoms with Crippen LogP contribution in [0.1, 0.15) is 17.0 Å². The van der Waals surface area contributed by atoms with E-state index in [1.807, 2.05) is 22.6 Å². The molecule has 0 unspecified atom stereocenters. The van der Waals surface area contributed by atoms with Gasteiger partial charge in [0.25, 0.3) is 5.82 Å². The van der Waals surface area contributed by atoms with Crippen molar-refractivity contribution in [1.29, 1.82) is 0 Å². The van der Waals surface area contributed by atoms with E-state index in [1.165, 1.54) is 11.5 Å². The van der Waals surface area contributed by atoms with Crippen LogP contribution in [-0.4, -0.2) is 31.3 Å². The van der Waals surface area contributed by atoms with Crippen LogP contribution >= 0.6 is 22.6 Å². The minimum absolute atomic E-state index is 0.0157. The summed E-state index contributed by atoms with van der Waals surface area (Å²) in [5.41, 5.74) is 1.21. The Morgan fingerprint density at radius 1 is 1.10 bits per heavy atom. The van der Waals surface area contributed by atoms with Crippen molar-refractivity contribution in [3.8, 4) is 17.3 Å². The van der Waals surface area contributed by atoms with E-state index in [9.17, 15) is 17.6 Å². The van der Waals surface area contributed by atoms with Gasteiger partial charge in [-0.3, -0.25) is 4.40 Å². The SMILES string of the molecule is COc1ccc(Cn2nc(C(F)(F)F)nc2-c2nc3c(F)c(C)ccn3c2I)cc1. The first-order valence-corrected chi connectivity index (χ1v) is 9.75. The number of benzene rings is 1. The Hall–Kier alpha value is -2.70. The first-order chi connectivity index (χ1) is 14.2. The highest BCUT2D eigenvalue weighted by Crippen LogP contribution is 2.32. The van der Waals surface area contributed by atoms with Crippen molar-refractivity contribution in [2.24, 2.45) is 0 Å². The molecule has 3 heterocycles. The summed E-state index contributed by atoms with van der Waals surface area (Å²) in [6.45, 7) is 1.61. The van der Waals surface area contributed by atoms with Crippen LogP contribution in [0.25, 0.3) is 17.2 Å². The van der Waals surface area contributed by atoms with E-state index >= 15 is 0 Å². The second-order valence-corrected chi connectivity index (χ2v) is 7.54. The number of fused-ring (bicyclic) bond motifs is 1. The summed E-state index contributed by atoms with van der Waals surface area (Å²) in [5, 5.41) is 3.65. The number of aromatic nitrogens is 5. The van der Waals surface area contributed by atoms with E-state index < -0.39 is 17.8 Å². The first kappa shape index (κ1) is 20.6. The highest BCUT2D eigenvalue weighted by atomic mass is 127. The molecule has 0 bridgehead atoms. The standard InChI is InChI=1S/C19H14F4IN5O/c1-10-7-8-28-15(24)14(25-16(28)13(10)20)17-26-18(19(21,22)23)27-29(17)9-11-3-5-12(30-2)6-4-11/h3-8H,9H2,1-2H3. The monoisotopic (exact) mass is 531 g/mol. The maximum absolute atomic E-state index is 14.5. The molecule has 0 saturated heterocycles. The maximum atomic E-state index is 14.5. The predicted molar refractivity (Wildman–Crippen MR) is 109 cm³/mol. The Bertz CT molecular complexity index is 1230. The molecule has 0 N–H and O–H groups in total. The molecule has 0 aliphatic carbocycles. The molecule has 30 heavy (non-hydrogen) atoms. The highest BCUT2D eigenvalue weighted by Gasteiger charge is 2.38. The number of methoxy groups -OCH3 is 1. The zero-order chi connectivity index (χ0) is 21.6. The average Bonchev–Trinajstić information content (AvgIpc) is 3.27. The molecule has 0 aliphatic rings. The number of alkyl halides is 3. The number of rotatable bonds is 4. The zero-order valence-electron chi connectivity index (χ0n) is 15.7. The van der Waals surface area contributed by atoms with Gasteiger partial charge >= 0.3 is 6.18 Å². The fraction of sp³-hybridized carbons (Fsp3) is 0.211. The van der Waals surface area contributed by atoms with Crippen LogP contribution in [0.5, 0.6) is 5.75 Å². The van der Waals surface area contributed by atoms with Crippen molar-refractivity contribution >= 4 is 28.2 Å². The van der Waals surface area contributed by atoms with Gasteiger partial charge in [0.15, 0.2) is 17.3 Å². The van der Waals surface area contributed by atoms with Gasteiger partial charge in [-0.2, -0.15) is 13.2 Å². The van der Waals surface area contributed by atoms with Gasteiger partial charge in [-0.05, 0) is 58.8 Å². The van der Waals surface area contributed by atoms with Crippen LogP contribution in [0.15, 0.2) is 36.5 Å². The summed E-state index contributed by atoms with van der Waals surface area (Å²) in [6, 6.07) is 8.40. The second-order valence-electron chi connectivity index (χ2n) is 6.52. The summed E-state index contributed by atoms with van der Waals surface area (Å²) in [5.74, 6) is -1.30. The van der Waals surface area contributed by atoms with Crippen LogP contribution in [0.3, 0.4) is 0 Å². The Balaban J connectivity index is 1.86. The van der Waals surface area contributed by atoms with Crippen molar-refractivity contribution in [1.82, 2.24) is 24.1 Å². The summed E-state index contributed by atoms with van der Waals surface area (Å²) in [6.07, 6.45) is -3.12. The summed E-state index contributed by atoms with van der Waals surface area (Å²) in [7, 11) is 1.52. The first-order valence-electron chi connectivity index (χ1n) is 8.67. The van der Waals surface area contributed by atoms with Gasteiger partial charge in [-0.1, -0.05) is 12.1 Å². The van der Waals surface area contributed by atoms with E-state index in [4.69, 9.17) is 4.74 Å². The molecule has 156 valence electrons. The predicted octanol–water partition coefficient (Wildman–Crippen LogP) is 4.72. The third-order valence-electron chi connectivity index (χ3n) is 4.50. The molecule has 6 nitrogen and oxygen atoms in total. The molecule has 3 aromatic heterocycles. The van der Waals surface area contributed by atoms with Gasteiger partial charge in [0.2, 0.25) is 0 Å². The number of nitrogens with zero attached hydrogens (tertiary/aromatic N) is 5. The molecular formula is C19H14F4IN5O. The van der Waals surface area contributed by atoms with Crippen LogP contribution in [0, 0.1) is 16.4 Å². The molecule has 11 heteroatoms. The van der Waals surface area contributed by atoms with Crippen LogP contribution in [0.2, 0.25) is 0 Å². The Morgan fingerprint density at radius 3 is 2.43 bits per heavy atom. The fourth-order valence-electron chi connectivity index (χ4n) is 2.93. The van der Waals surface area contributed by atoms with E-state index in [0.29, 0.717) is 20.6 Å². The van der Waals surface area contributed by atoms with Crippen molar-refractivity contribution in [2.75, 3.05) is 7.11 Å². The van der Waals surface area contributed by atoms with E-state index in [0.717, 1.165) is 4.68 Å². The zero-order valence-corrected chi connectivity index (χ0v) is 17.9. The van der Waals surface area contributed by atoms with Gasteiger partial charge in [-0.15, -0.1) is 5.10 Å². The molecule has 4 aromatic rings. The Labute approximate surface area is 181 Å². The largest absolute Gasteiger partial charge is 0.497 e. The topological polar surface area (TPSA) is 57.2 Å². The summed E-state index contributed by atoms with van der Waals surface area (Å²) >= 11 is 1.91. The normalized spacial score (nSPS) is 12.0. The Morgan fingerprint density at radius 2 is 1.80 bits per heavy atom. The molecule has 0 saturated carbocycles. The van der Waals surface area contributed by atoms with Gasteiger partial charge in [-0.25, -0.2) is 19.0 Å². The number of halogens is 5. The minimum Gasteiger partial charge on any atom is -0.497 e. The van der Waals surface area contributed by atoms with Gasteiger partial charge in [0.05, 0.1) is 13.7 Å². The van der Waals surface area contributed by atoms with Crippen LogP contribution in [0.4, 0.5) is 17.6 Å². The molecule has 0 radical (unpaired) electrons. The van der Waals surface area contributed by atoms with Gasteiger partial charge < -0.3 is 4.74 Å². The summed E-state index contributed by atoms with van der Waals surface area (Å²) < 4.78 is 62.6. The van der Waals surface area contributed by atoms with Crippen molar-refractivity contribution in [2.45, 2.75) is 19.6 Å². The van der Waals surface area contributed by atoms with E-state index in [2.05, 4.69) is 15.1 Å². The van der Waals surface area contributed by atoms with Crippen LogP contribution in [-0.2, 0) is 12.7 Å². The smallest absolute Gasteiger partial charge is 0.453 e. The third kappa shape index (κ3) is 3.61. The number of imidazole rings is 1. The number of hydrogen-bond acceptors (Lipinski definition) is 4. The highest BCUT2D eigenvalue weighted by molar-refractivity contribution is 14.1. The fourth-order valence-corrected chi connectivity index (χ4v) is 3.68. The lowest BCUT2D eigenvalue weighted by atomic mass is 10.2. The minimum atomic E-state index is -4.73. The maximum Gasteiger partial charge on any atom is 0.453 e. The number of pyridine rings is 1. The molecule has 0 fully saturated rings. The molecule has 4 rings (SSSR count). The molecular weight excluding hydrogens is 517 g/mol.